The Labute approximate surface area is 169 Å². The summed E-state index contributed by atoms with van der Waals surface area (Å²) in [4.78, 5) is 35.8. The quantitative estimate of drug-likeness (QED) is 0.483. The third-order valence-corrected chi connectivity index (χ3v) is 4.16. The molecule has 0 spiro atoms. The van der Waals surface area contributed by atoms with E-state index in [9.17, 15) is 14.4 Å². The van der Waals surface area contributed by atoms with Gasteiger partial charge in [-0.2, -0.15) is 0 Å². The second kappa shape index (κ2) is 10.9. The Morgan fingerprint density at radius 2 is 1.79 bits per heavy atom. The van der Waals surface area contributed by atoms with Crippen LogP contribution in [0.5, 0.6) is 5.75 Å². The van der Waals surface area contributed by atoms with E-state index in [0.29, 0.717) is 30.2 Å². The molecule has 0 aliphatic rings. The number of hydrogen-bond acceptors (Lipinski definition) is 6. The van der Waals surface area contributed by atoms with Gasteiger partial charge in [0.05, 0.1) is 18.7 Å². The fourth-order valence-corrected chi connectivity index (χ4v) is 2.71. The van der Waals surface area contributed by atoms with Crippen molar-refractivity contribution in [2.24, 2.45) is 0 Å². The molecule has 1 N–H and O–H groups in total. The first-order valence-corrected chi connectivity index (χ1v) is 9.36. The molecule has 8 nitrogen and oxygen atoms in total. The second-order valence-electron chi connectivity index (χ2n) is 6.26. The number of aryl methyl sites for hydroxylation is 1. The highest BCUT2D eigenvalue weighted by Gasteiger charge is 2.18. The van der Waals surface area contributed by atoms with E-state index in [4.69, 9.17) is 14.2 Å². The largest absolute Gasteiger partial charge is 0.492 e. The van der Waals surface area contributed by atoms with E-state index in [-0.39, 0.29) is 19.8 Å². The van der Waals surface area contributed by atoms with Crippen LogP contribution in [0.3, 0.4) is 0 Å². The van der Waals surface area contributed by atoms with Gasteiger partial charge in [-0.05, 0) is 39.0 Å². The molecule has 2 aromatic rings. The number of amides is 1. The van der Waals surface area contributed by atoms with Gasteiger partial charge in [0.15, 0.2) is 6.61 Å². The molecule has 0 saturated heterocycles. The van der Waals surface area contributed by atoms with E-state index < -0.39 is 17.8 Å². The molecule has 8 heteroatoms. The third kappa shape index (κ3) is 6.67. The number of nitrogens with zero attached hydrogens (tertiary/aromatic N) is 1. The Balaban J connectivity index is 1.74. The van der Waals surface area contributed by atoms with Crippen LogP contribution in [0.4, 0.5) is 0 Å². The maximum absolute atomic E-state index is 12.1. The average molecular weight is 402 g/mol. The number of nitrogens with one attached hydrogen (secondary N) is 1. The molecule has 1 amide bonds. The van der Waals surface area contributed by atoms with E-state index in [2.05, 4.69) is 5.32 Å². The smallest absolute Gasteiger partial charge is 0.339 e. The summed E-state index contributed by atoms with van der Waals surface area (Å²) in [6, 6.07) is 10.9. The van der Waals surface area contributed by atoms with Gasteiger partial charge in [-0.3, -0.25) is 9.59 Å². The Kier molecular flexibility index (Phi) is 8.27. The molecule has 0 radical (unpaired) electrons. The first-order valence-electron chi connectivity index (χ1n) is 9.36. The van der Waals surface area contributed by atoms with Crippen LogP contribution >= 0.6 is 0 Å². The molecule has 0 atom stereocenters. The van der Waals surface area contributed by atoms with Crippen LogP contribution in [0.15, 0.2) is 36.4 Å². The standard InChI is InChI=1S/C21H26N2O6/c1-4-27-21(26)18-12-15(2)23(16(18)3)13-20(25)29-14-19(24)22-10-11-28-17-8-6-5-7-9-17/h5-9,12H,4,10-11,13-14H2,1-3H3,(H,22,24). The Morgan fingerprint density at radius 1 is 1.07 bits per heavy atom. The summed E-state index contributed by atoms with van der Waals surface area (Å²) in [5, 5.41) is 2.62. The molecule has 1 aromatic heterocycles. The molecule has 1 aromatic carbocycles. The summed E-state index contributed by atoms with van der Waals surface area (Å²) >= 11 is 0. The van der Waals surface area contributed by atoms with Crippen LogP contribution in [0.1, 0.15) is 28.7 Å². The van der Waals surface area contributed by atoms with E-state index >= 15 is 0 Å². The molecular formula is C21H26N2O6. The minimum absolute atomic E-state index is 0.0958. The molecule has 0 aliphatic heterocycles. The summed E-state index contributed by atoms with van der Waals surface area (Å²) in [5.74, 6) is -0.703. The fraction of sp³-hybridized carbons (Fsp3) is 0.381. The third-order valence-electron chi connectivity index (χ3n) is 4.16. The van der Waals surface area contributed by atoms with Gasteiger partial charge in [-0.25, -0.2) is 4.79 Å². The fourth-order valence-electron chi connectivity index (χ4n) is 2.71. The van der Waals surface area contributed by atoms with Crippen LogP contribution in [0.2, 0.25) is 0 Å². The predicted molar refractivity (Wildman–Crippen MR) is 106 cm³/mol. The van der Waals surface area contributed by atoms with Crippen LogP contribution < -0.4 is 10.1 Å². The van der Waals surface area contributed by atoms with Gasteiger partial charge >= 0.3 is 11.9 Å². The summed E-state index contributed by atoms with van der Waals surface area (Å²) in [6.07, 6.45) is 0. The Bertz CT molecular complexity index is 844. The molecule has 2 rings (SSSR count). The van der Waals surface area contributed by atoms with E-state index in [1.165, 1.54) is 0 Å². The van der Waals surface area contributed by atoms with Gasteiger partial charge in [0, 0.05) is 11.4 Å². The van der Waals surface area contributed by atoms with Crippen LogP contribution in [0, 0.1) is 13.8 Å². The summed E-state index contributed by atoms with van der Waals surface area (Å²) < 4.78 is 17.1. The van der Waals surface area contributed by atoms with Crippen molar-refractivity contribution in [3.8, 4) is 5.75 Å². The molecular weight excluding hydrogens is 376 g/mol. The number of carbonyl (C=O) groups is 3. The van der Waals surface area contributed by atoms with Crippen LogP contribution in [-0.4, -0.2) is 48.8 Å². The minimum Gasteiger partial charge on any atom is -0.492 e. The van der Waals surface area contributed by atoms with E-state index in [1.54, 1.807) is 31.4 Å². The highest BCUT2D eigenvalue weighted by Crippen LogP contribution is 2.16. The molecule has 0 unspecified atom stereocenters. The number of rotatable bonds is 10. The lowest BCUT2D eigenvalue weighted by atomic mass is 10.2. The zero-order valence-electron chi connectivity index (χ0n) is 16.9. The minimum atomic E-state index is -0.571. The van der Waals surface area contributed by atoms with E-state index in [0.717, 1.165) is 5.69 Å². The highest BCUT2D eigenvalue weighted by molar-refractivity contribution is 5.91. The van der Waals surface area contributed by atoms with Gasteiger partial charge in [-0.1, -0.05) is 18.2 Å². The van der Waals surface area contributed by atoms with Crippen molar-refractivity contribution in [2.45, 2.75) is 27.3 Å². The van der Waals surface area contributed by atoms with Crippen LogP contribution in [0.25, 0.3) is 0 Å². The SMILES string of the molecule is CCOC(=O)c1cc(C)n(CC(=O)OCC(=O)NCCOc2ccccc2)c1C. The van der Waals surface area contributed by atoms with E-state index in [1.807, 2.05) is 30.3 Å². The maximum Gasteiger partial charge on any atom is 0.339 e. The van der Waals surface area contributed by atoms with Crippen molar-refractivity contribution in [3.63, 3.8) is 0 Å². The van der Waals surface area contributed by atoms with Crippen LogP contribution in [-0.2, 0) is 25.6 Å². The Hall–Kier alpha value is -3.29. The van der Waals surface area contributed by atoms with Crippen molar-refractivity contribution in [3.05, 3.63) is 53.3 Å². The summed E-state index contributed by atoms with van der Waals surface area (Å²) in [7, 11) is 0. The Morgan fingerprint density at radius 3 is 2.48 bits per heavy atom. The number of esters is 2. The van der Waals surface area contributed by atoms with Crippen molar-refractivity contribution in [2.75, 3.05) is 26.4 Å². The lowest BCUT2D eigenvalue weighted by Crippen LogP contribution is -2.32. The molecule has 29 heavy (non-hydrogen) atoms. The lowest BCUT2D eigenvalue weighted by molar-refractivity contribution is -0.149. The maximum atomic E-state index is 12.1. The predicted octanol–water partition coefficient (Wildman–Crippen LogP) is 2.02. The molecule has 0 bridgehead atoms. The lowest BCUT2D eigenvalue weighted by Gasteiger charge is -2.10. The number of aromatic nitrogens is 1. The number of para-hydroxylation sites is 1. The zero-order chi connectivity index (χ0) is 21.2. The monoisotopic (exact) mass is 402 g/mol. The number of ether oxygens (including phenoxy) is 3. The molecule has 1 heterocycles. The molecule has 156 valence electrons. The van der Waals surface area contributed by atoms with Crippen molar-refractivity contribution < 1.29 is 28.6 Å². The molecule has 0 fully saturated rings. The van der Waals surface area contributed by atoms with Gasteiger partial charge in [0.2, 0.25) is 0 Å². The van der Waals surface area contributed by atoms with Crippen molar-refractivity contribution in [1.82, 2.24) is 9.88 Å². The second-order valence-corrected chi connectivity index (χ2v) is 6.26. The first-order chi connectivity index (χ1) is 13.9. The zero-order valence-corrected chi connectivity index (χ0v) is 16.9. The summed E-state index contributed by atoms with van der Waals surface area (Å²) in [6.45, 7) is 5.64. The molecule has 0 aliphatic carbocycles. The molecule has 0 saturated carbocycles. The van der Waals surface area contributed by atoms with Gasteiger partial charge in [0.1, 0.15) is 18.9 Å². The topological polar surface area (TPSA) is 95.9 Å². The van der Waals surface area contributed by atoms with Gasteiger partial charge in [0.25, 0.3) is 5.91 Å². The van der Waals surface area contributed by atoms with Crippen molar-refractivity contribution >= 4 is 17.8 Å². The number of carbonyl (C=O) groups excluding carboxylic acids is 3. The number of hydrogen-bond donors (Lipinski definition) is 1. The first kappa shape index (κ1) is 22.0. The van der Waals surface area contributed by atoms with Crippen molar-refractivity contribution in [1.29, 1.82) is 0 Å². The average Bonchev–Trinajstić information content (AvgIpc) is 2.99. The van der Waals surface area contributed by atoms with Gasteiger partial charge in [-0.15, -0.1) is 0 Å². The number of benzene rings is 1. The highest BCUT2D eigenvalue weighted by atomic mass is 16.5. The van der Waals surface area contributed by atoms with Gasteiger partial charge < -0.3 is 24.1 Å². The summed E-state index contributed by atoms with van der Waals surface area (Å²) in [5.41, 5.74) is 1.75. The normalized spacial score (nSPS) is 10.3.